The number of aromatic nitrogens is 6. The molecule has 6 heterocycles. The molecule has 0 fully saturated rings. The van der Waals surface area contributed by atoms with Gasteiger partial charge >= 0.3 is 0 Å². The Balaban J connectivity index is 0.000000197. The monoisotopic (exact) mass is 738 g/mol. The molecule has 6 rings (SSSR count). The summed E-state index contributed by atoms with van der Waals surface area (Å²) in [6, 6.07) is 20.7. The molecule has 13 heteroatoms. The van der Waals surface area contributed by atoms with Gasteiger partial charge in [-0.25, -0.2) is 0 Å². The number of carbonyl (C=O) groups excluding carboxylic acids is 6. The quantitative estimate of drug-likeness (QED) is 0.138. The maximum absolute atomic E-state index is 10.8. The SMILES string of the molecule is O=Cc1ncccc1-c1cccnc1C=O.O=Cc1ncccc1-c1cccnc1C=O.O=Cc1ncccc1-c1cccnc1C=O.[Ru]. The fourth-order valence-corrected chi connectivity index (χ4v) is 4.44. The van der Waals surface area contributed by atoms with Crippen molar-refractivity contribution >= 4 is 37.7 Å². The van der Waals surface area contributed by atoms with Crippen LogP contribution >= 0.6 is 0 Å². The van der Waals surface area contributed by atoms with Gasteiger partial charge in [0.2, 0.25) is 0 Å². The van der Waals surface area contributed by atoms with Crippen LogP contribution in [-0.2, 0) is 19.5 Å². The molecule has 49 heavy (non-hydrogen) atoms. The van der Waals surface area contributed by atoms with Gasteiger partial charge in [0.15, 0.2) is 37.7 Å². The third kappa shape index (κ3) is 9.31. The number of aldehydes is 6. The largest absolute Gasteiger partial charge is 0.296 e. The Labute approximate surface area is 292 Å². The van der Waals surface area contributed by atoms with Crippen LogP contribution in [0.25, 0.3) is 33.4 Å². The number of carbonyl (C=O) groups is 6. The molecule has 0 atom stereocenters. The van der Waals surface area contributed by atoms with Gasteiger partial charge in [-0.15, -0.1) is 0 Å². The van der Waals surface area contributed by atoms with Gasteiger partial charge < -0.3 is 0 Å². The second-order valence-corrected chi connectivity index (χ2v) is 9.32. The van der Waals surface area contributed by atoms with Gasteiger partial charge in [-0.2, -0.15) is 0 Å². The topological polar surface area (TPSA) is 180 Å². The molecule has 6 aromatic heterocycles. The molecular formula is C36H24N6O6Ru. The molecule has 0 aliphatic rings. The van der Waals surface area contributed by atoms with Crippen LogP contribution in [0.15, 0.2) is 110 Å². The zero-order valence-electron chi connectivity index (χ0n) is 25.3. The van der Waals surface area contributed by atoms with Gasteiger partial charge in [0.25, 0.3) is 0 Å². The van der Waals surface area contributed by atoms with Crippen molar-refractivity contribution in [1.29, 1.82) is 0 Å². The van der Waals surface area contributed by atoms with Gasteiger partial charge in [0.05, 0.1) is 0 Å². The fourth-order valence-electron chi connectivity index (χ4n) is 4.44. The average molecular weight is 738 g/mol. The number of hydrogen-bond donors (Lipinski definition) is 0. The number of pyridine rings is 6. The maximum atomic E-state index is 10.8. The van der Waals surface area contributed by atoms with Crippen LogP contribution in [0.4, 0.5) is 0 Å². The molecule has 0 radical (unpaired) electrons. The van der Waals surface area contributed by atoms with Crippen molar-refractivity contribution in [3.05, 3.63) is 144 Å². The summed E-state index contributed by atoms with van der Waals surface area (Å²) in [5.41, 5.74) is 5.54. The van der Waals surface area contributed by atoms with E-state index in [0.29, 0.717) is 105 Å². The van der Waals surface area contributed by atoms with E-state index >= 15 is 0 Å². The van der Waals surface area contributed by atoms with Crippen molar-refractivity contribution < 1.29 is 48.2 Å². The van der Waals surface area contributed by atoms with Crippen LogP contribution in [0, 0.1) is 0 Å². The van der Waals surface area contributed by atoms with Crippen molar-refractivity contribution in [3.8, 4) is 33.4 Å². The summed E-state index contributed by atoms with van der Waals surface area (Å²) >= 11 is 0. The Kier molecular flexibility index (Phi) is 14.5. The second-order valence-electron chi connectivity index (χ2n) is 9.32. The molecular weight excluding hydrogens is 714 g/mol. The van der Waals surface area contributed by atoms with E-state index in [2.05, 4.69) is 29.9 Å². The normalized spacial score (nSPS) is 9.55. The van der Waals surface area contributed by atoms with Gasteiger partial charge in [-0.05, 0) is 36.4 Å². The van der Waals surface area contributed by atoms with Gasteiger partial charge in [0.1, 0.15) is 34.2 Å². The molecule has 0 saturated heterocycles. The van der Waals surface area contributed by atoms with Crippen LogP contribution < -0.4 is 0 Å². The summed E-state index contributed by atoms with van der Waals surface area (Å²) < 4.78 is 0. The van der Waals surface area contributed by atoms with Gasteiger partial charge in [0, 0.05) is 90.0 Å². The van der Waals surface area contributed by atoms with E-state index in [0.717, 1.165) is 0 Å². The molecule has 6 aromatic rings. The molecule has 0 spiro atoms. The summed E-state index contributed by atoms with van der Waals surface area (Å²) in [5, 5.41) is 0. The molecule has 0 bridgehead atoms. The summed E-state index contributed by atoms with van der Waals surface area (Å²) in [6.45, 7) is 0. The van der Waals surface area contributed by atoms with Crippen molar-refractivity contribution in [2.75, 3.05) is 0 Å². The van der Waals surface area contributed by atoms with E-state index in [9.17, 15) is 28.8 Å². The van der Waals surface area contributed by atoms with E-state index in [-0.39, 0.29) is 19.5 Å². The third-order valence-corrected chi connectivity index (χ3v) is 6.57. The smallest absolute Gasteiger partial charge is 0.169 e. The van der Waals surface area contributed by atoms with Crippen LogP contribution in [-0.4, -0.2) is 67.6 Å². The van der Waals surface area contributed by atoms with Crippen molar-refractivity contribution in [2.24, 2.45) is 0 Å². The summed E-state index contributed by atoms with van der Waals surface area (Å²) in [5.74, 6) is 0. The maximum Gasteiger partial charge on any atom is 0.169 e. The van der Waals surface area contributed by atoms with E-state index in [1.165, 1.54) is 37.2 Å². The molecule has 0 aliphatic carbocycles. The van der Waals surface area contributed by atoms with Gasteiger partial charge in [-0.1, -0.05) is 36.4 Å². The van der Waals surface area contributed by atoms with Crippen LogP contribution in [0.1, 0.15) is 62.9 Å². The second kappa shape index (κ2) is 19.3. The molecule has 0 amide bonds. The Bertz CT molecular complexity index is 1710. The Hall–Kier alpha value is -6.46. The predicted octanol–water partition coefficient (Wildman–Crippen LogP) is 5.30. The van der Waals surface area contributed by atoms with Crippen LogP contribution in [0.2, 0.25) is 0 Å². The fraction of sp³-hybridized carbons (Fsp3) is 0. The number of hydrogen-bond acceptors (Lipinski definition) is 12. The van der Waals surface area contributed by atoms with E-state index < -0.39 is 0 Å². The zero-order chi connectivity index (χ0) is 34.1. The minimum absolute atomic E-state index is 0. The first-order valence-electron chi connectivity index (χ1n) is 14.0. The molecule has 0 aliphatic heterocycles. The Morgan fingerprint density at radius 3 is 0.551 bits per heavy atom. The van der Waals surface area contributed by atoms with Crippen LogP contribution in [0.5, 0.6) is 0 Å². The standard InChI is InChI=1S/3C12H8N2O2.Ru/c3*15-7-11-9(3-1-5-13-11)10-4-2-6-14-12(10)8-16;/h3*1-8H;. The zero-order valence-corrected chi connectivity index (χ0v) is 27.1. The molecule has 242 valence electrons. The molecule has 0 saturated carbocycles. The predicted molar refractivity (Wildman–Crippen MR) is 175 cm³/mol. The van der Waals surface area contributed by atoms with Crippen molar-refractivity contribution in [3.63, 3.8) is 0 Å². The first-order chi connectivity index (χ1) is 23.6. The Morgan fingerprint density at radius 1 is 0.286 bits per heavy atom. The van der Waals surface area contributed by atoms with Crippen LogP contribution in [0.3, 0.4) is 0 Å². The first kappa shape index (κ1) is 37.0. The summed E-state index contributed by atoms with van der Waals surface area (Å²) in [7, 11) is 0. The summed E-state index contributed by atoms with van der Waals surface area (Å²) in [4.78, 5) is 88.6. The molecule has 0 N–H and O–H groups in total. The van der Waals surface area contributed by atoms with E-state index in [1.807, 2.05) is 0 Å². The third-order valence-electron chi connectivity index (χ3n) is 6.57. The van der Waals surface area contributed by atoms with Crippen molar-refractivity contribution in [2.45, 2.75) is 0 Å². The molecule has 0 unspecified atom stereocenters. The number of rotatable bonds is 9. The van der Waals surface area contributed by atoms with E-state index in [1.54, 1.807) is 72.8 Å². The Morgan fingerprint density at radius 2 is 0.429 bits per heavy atom. The summed E-state index contributed by atoms with van der Waals surface area (Å²) in [6.07, 6.45) is 13.2. The minimum atomic E-state index is 0. The minimum Gasteiger partial charge on any atom is -0.296 e. The van der Waals surface area contributed by atoms with Crippen molar-refractivity contribution in [1.82, 2.24) is 29.9 Å². The average Bonchev–Trinajstić information content (AvgIpc) is 3.18. The molecule has 0 aromatic carbocycles. The molecule has 12 nitrogen and oxygen atoms in total. The van der Waals surface area contributed by atoms with E-state index in [4.69, 9.17) is 0 Å². The number of nitrogens with zero attached hydrogens (tertiary/aromatic N) is 6. The van der Waals surface area contributed by atoms with Gasteiger partial charge in [-0.3, -0.25) is 58.7 Å². The first-order valence-corrected chi connectivity index (χ1v) is 14.0.